The molecule has 178 valence electrons. The van der Waals surface area contributed by atoms with Crippen molar-refractivity contribution in [2.75, 3.05) is 23.3 Å². The van der Waals surface area contributed by atoms with Crippen molar-refractivity contribution >= 4 is 29.2 Å². The monoisotopic (exact) mass is 464 g/mol. The highest BCUT2D eigenvalue weighted by Crippen LogP contribution is 2.37. The van der Waals surface area contributed by atoms with Gasteiger partial charge in [0.25, 0.3) is 0 Å². The van der Waals surface area contributed by atoms with Crippen molar-refractivity contribution in [3.63, 3.8) is 0 Å². The Kier molecular flexibility index (Phi) is 6.85. The molecule has 7 nitrogen and oxygen atoms in total. The molecule has 1 atom stereocenters. The predicted octanol–water partition coefficient (Wildman–Crippen LogP) is 4.89. The van der Waals surface area contributed by atoms with Crippen LogP contribution < -0.4 is 15.5 Å². The van der Waals surface area contributed by atoms with Crippen LogP contribution in [0, 0.1) is 5.92 Å². The minimum atomic E-state index is -4.42. The van der Waals surface area contributed by atoms with Gasteiger partial charge in [0.05, 0.1) is 16.9 Å². The number of rotatable bonds is 4. The number of benzene rings is 1. The van der Waals surface area contributed by atoms with E-state index in [9.17, 15) is 22.8 Å². The number of ether oxygens (including phenoxy) is 1. The summed E-state index contributed by atoms with van der Waals surface area (Å²) in [5.41, 5.74) is 0.564. The zero-order valence-corrected chi connectivity index (χ0v) is 18.9. The van der Waals surface area contributed by atoms with Crippen LogP contribution in [-0.2, 0) is 22.1 Å². The molecule has 1 aliphatic rings. The van der Waals surface area contributed by atoms with E-state index in [1.807, 2.05) is 4.90 Å². The van der Waals surface area contributed by atoms with Gasteiger partial charge in [-0.05, 0) is 69.5 Å². The maximum atomic E-state index is 13.0. The number of hydrogen-bond donors (Lipinski definition) is 2. The van der Waals surface area contributed by atoms with Gasteiger partial charge in [0, 0.05) is 25.7 Å². The van der Waals surface area contributed by atoms with Gasteiger partial charge in [0.15, 0.2) is 0 Å². The fourth-order valence-electron chi connectivity index (χ4n) is 3.56. The van der Waals surface area contributed by atoms with Gasteiger partial charge in [-0.1, -0.05) is 0 Å². The predicted molar refractivity (Wildman–Crippen MR) is 118 cm³/mol. The largest absolute Gasteiger partial charge is 0.444 e. The minimum Gasteiger partial charge on any atom is -0.444 e. The summed E-state index contributed by atoms with van der Waals surface area (Å²) in [5.74, 6) is 0.0960. The smallest absolute Gasteiger partial charge is 0.416 e. The second kappa shape index (κ2) is 9.29. The summed E-state index contributed by atoms with van der Waals surface area (Å²) in [4.78, 5) is 29.9. The zero-order valence-electron chi connectivity index (χ0n) is 18.9. The number of alkyl halides is 3. The van der Waals surface area contributed by atoms with E-state index in [-0.39, 0.29) is 11.8 Å². The molecule has 1 unspecified atom stereocenters. The standard InChI is InChI=1S/C23H27F3N4O3/c1-14(31)27-12-15-11-18-19(9-10-20(28-18)29-21(32)33-22(2,3)4)30(13-15)17-7-5-16(6-8-17)23(24,25)26/h5-10,15H,11-13H2,1-4H3,(H,27,31)(H,28,29,32). The SMILES string of the molecule is CC(=O)NCC1Cc2nc(NC(=O)OC(C)(C)C)ccc2N(c2ccc(C(F)(F)F)cc2)C1. The lowest BCUT2D eigenvalue weighted by molar-refractivity contribution is -0.137. The Morgan fingerprint density at radius 1 is 1.12 bits per heavy atom. The number of hydrogen-bond acceptors (Lipinski definition) is 5. The zero-order chi connectivity index (χ0) is 24.4. The highest BCUT2D eigenvalue weighted by atomic mass is 19.4. The molecule has 2 amide bonds. The van der Waals surface area contributed by atoms with Gasteiger partial charge in [-0.2, -0.15) is 13.2 Å². The second-order valence-electron chi connectivity index (χ2n) is 8.95. The quantitative estimate of drug-likeness (QED) is 0.673. The Balaban J connectivity index is 1.90. The number of carbonyl (C=O) groups excluding carboxylic acids is 2. The van der Waals surface area contributed by atoms with Gasteiger partial charge < -0.3 is 15.0 Å². The fraction of sp³-hybridized carbons (Fsp3) is 0.435. The van der Waals surface area contributed by atoms with E-state index in [0.717, 1.165) is 17.8 Å². The molecule has 1 aromatic heterocycles. The number of aromatic nitrogens is 1. The van der Waals surface area contributed by atoms with Gasteiger partial charge in [-0.25, -0.2) is 9.78 Å². The van der Waals surface area contributed by atoms with Crippen molar-refractivity contribution in [2.24, 2.45) is 5.92 Å². The van der Waals surface area contributed by atoms with E-state index in [4.69, 9.17) is 4.74 Å². The third-order valence-corrected chi connectivity index (χ3v) is 4.94. The molecular formula is C23H27F3N4O3. The average Bonchev–Trinajstić information content (AvgIpc) is 2.69. The van der Waals surface area contributed by atoms with Gasteiger partial charge in [-0.3, -0.25) is 10.1 Å². The van der Waals surface area contributed by atoms with Gasteiger partial charge in [0.1, 0.15) is 11.4 Å². The summed E-state index contributed by atoms with van der Waals surface area (Å²) in [7, 11) is 0. The molecule has 0 spiro atoms. The number of carbonyl (C=O) groups is 2. The van der Waals surface area contributed by atoms with E-state index >= 15 is 0 Å². The van der Waals surface area contributed by atoms with Crippen LogP contribution in [0.4, 0.5) is 35.2 Å². The molecule has 3 rings (SSSR count). The normalized spacial score (nSPS) is 16.1. The third-order valence-electron chi connectivity index (χ3n) is 4.94. The number of nitrogens with zero attached hydrogens (tertiary/aromatic N) is 2. The van der Waals surface area contributed by atoms with Crippen LogP contribution in [0.5, 0.6) is 0 Å². The van der Waals surface area contributed by atoms with Gasteiger partial charge >= 0.3 is 12.3 Å². The van der Waals surface area contributed by atoms with Crippen molar-refractivity contribution in [3.8, 4) is 0 Å². The lowest BCUT2D eigenvalue weighted by atomic mass is 9.95. The van der Waals surface area contributed by atoms with E-state index in [2.05, 4.69) is 15.6 Å². The third kappa shape index (κ3) is 6.59. The first kappa shape index (κ1) is 24.3. The molecule has 1 aliphatic heterocycles. The Hall–Kier alpha value is -3.30. The first-order chi connectivity index (χ1) is 15.3. The molecule has 0 bridgehead atoms. The molecule has 2 heterocycles. The second-order valence-corrected chi connectivity index (χ2v) is 8.95. The van der Waals surface area contributed by atoms with Crippen LogP contribution in [0.1, 0.15) is 39.0 Å². The van der Waals surface area contributed by atoms with E-state index in [0.29, 0.717) is 36.7 Å². The lowest BCUT2D eigenvalue weighted by Crippen LogP contribution is -2.39. The topological polar surface area (TPSA) is 83.6 Å². The lowest BCUT2D eigenvalue weighted by Gasteiger charge is -2.36. The van der Waals surface area contributed by atoms with E-state index in [1.54, 1.807) is 32.9 Å². The van der Waals surface area contributed by atoms with Crippen LogP contribution in [0.15, 0.2) is 36.4 Å². The molecule has 2 aromatic rings. The van der Waals surface area contributed by atoms with Crippen LogP contribution >= 0.6 is 0 Å². The van der Waals surface area contributed by atoms with Crippen molar-refractivity contribution < 1.29 is 27.5 Å². The van der Waals surface area contributed by atoms with Crippen LogP contribution in [-0.4, -0.2) is 35.7 Å². The Morgan fingerprint density at radius 3 is 2.36 bits per heavy atom. The highest BCUT2D eigenvalue weighted by molar-refractivity contribution is 5.84. The molecular weight excluding hydrogens is 437 g/mol. The van der Waals surface area contributed by atoms with Crippen LogP contribution in [0.2, 0.25) is 0 Å². The number of anilines is 3. The maximum absolute atomic E-state index is 13.0. The molecule has 1 aromatic carbocycles. The summed E-state index contributed by atoms with van der Waals surface area (Å²) in [6.07, 6.45) is -4.53. The molecule has 0 saturated heterocycles. The Labute approximate surface area is 190 Å². The highest BCUT2D eigenvalue weighted by Gasteiger charge is 2.31. The minimum absolute atomic E-state index is 0.0343. The Morgan fingerprint density at radius 2 is 1.79 bits per heavy atom. The fourth-order valence-corrected chi connectivity index (χ4v) is 3.56. The summed E-state index contributed by atoms with van der Waals surface area (Å²) >= 11 is 0. The van der Waals surface area contributed by atoms with Crippen molar-refractivity contribution in [1.29, 1.82) is 0 Å². The summed E-state index contributed by atoms with van der Waals surface area (Å²) in [6.45, 7) is 7.55. The first-order valence-electron chi connectivity index (χ1n) is 10.5. The van der Waals surface area contributed by atoms with E-state index in [1.165, 1.54) is 19.1 Å². The summed E-state index contributed by atoms with van der Waals surface area (Å²) in [5, 5.41) is 5.39. The molecule has 10 heteroatoms. The first-order valence-corrected chi connectivity index (χ1v) is 10.5. The number of pyridine rings is 1. The number of amides is 2. The molecule has 0 saturated carbocycles. The van der Waals surface area contributed by atoms with Crippen molar-refractivity contribution in [1.82, 2.24) is 10.3 Å². The molecule has 0 radical (unpaired) electrons. The molecule has 2 N–H and O–H groups in total. The molecule has 0 fully saturated rings. The number of fused-ring (bicyclic) bond motifs is 1. The summed E-state index contributed by atoms with van der Waals surface area (Å²) in [6, 6.07) is 8.30. The number of nitrogens with one attached hydrogen (secondary N) is 2. The molecule has 0 aliphatic carbocycles. The van der Waals surface area contributed by atoms with Crippen LogP contribution in [0.25, 0.3) is 0 Å². The maximum Gasteiger partial charge on any atom is 0.416 e. The van der Waals surface area contributed by atoms with Gasteiger partial charge in [0.2, 0.25) is 5.91 Å². The van der Waals surface area contributed by atoms with E-state index < -0.39 is 23.4 Å². The van der Waals surface area contributed by atoms with Crippen molar-refractivity contribution in [3.05, 3.63) is 47.7 Å². The number of halogens is 3. The van der Waals surface area contributed by atoms with Crippen molar-refractivity contribution in [2.45, 2.75) is 45.9 Å². The van der Waals surface area contributed by atoms with Gasteiger partial charge in [-0.15, -0.1) is 0 Å². The summed E-state index contributed by atoms with van der Waals surface area (Å²) < 4.78 is 44.2. The molecule has 33 heavy (non-hydrogen) atoms. The average molecular weight is 464 g/mol. The Bertz CT molecular complexity index is 1020. The van der Waals surface area contributed by atoms with Crippen LogP contribution in [0.3, 0.4) is 0 Å².